The summed E-state index contributed by atoms with van der Waals surface area (Å²) in [6.45, 7) is 0. The van der Waals surface area contributed by atoms with Gasteiger partial charge in [0.2, 0.25) is 9.04 Å². The molecule has 0 aliphatic carbocycles. The van der Waals surface area contributed by atoms with Crippen LogP contribution >= 0.6 is 0 Å². The molecule has 0 heterocycles. The molecule has 0 bridgehead atoms. The maximum Gasteiger partial charge on any atom is 0.239 e. The Morgan fingerprint density at radius 3 is 1.86 bits per heavy atom. The van der Waals surface area contributed by atoms with Crippen LogP contribution in [0.2, 0.25) is 0 Å². The fourth-order valence-corrected chi connectivity index (χ4v) is 0.750. The molecule has 4 heteroatoms. The second-order valence-corrected chi connectivity index (χ2v) is 3.45. The van der Waals surface area contributed by atoms with Crippen molar-refractivity contribution in [2.24, 2.45) is 11.5 Å². The molecule has 3 nitrogen and oxygen atoms in total. The van der Waals surface area contributed by atoms with Crippen LogP contribution < -0.4 is 11.5 Å². The van der Waals surface area contributed by atoms with Crippen LogP contribution in [0.5, 0.6) is 0 Å². The van der Waals surface area contributed by atoms with Gasteiger partial charge in [0, 0.05) is 19.4 Å². The predicted octanol–water partition coefficient (Wildman–Crippen LogP) is -1.38. The first kappa shape index (κ1) is 7.10. The zero-order valence-electron chi connectivity index (χ0n) is 4.48. The molecule has 0 aromatic carbocycles. The van der Waals surface area contributed by atoms with Crippen LogP contribution in [-0.4, -0.2) is 28.5 Å². The molecule has 0 amide bonds. The van der Waals surface area contributed by atoms with Crippen molar-refractivity contribution in [3.8, 4) is 0 Å². The molecule has 0 saturated carbocycles. The molecule has 0 unspecified atom stereocenters. The quantitative estimate of drug-likeness (QED) is 0.450. The Hall–Kier alpha value is 0.0969. The zero-order valence-corrected chi connectivity index (χ0v) is 5.48. The maximum atomic E-state index is 5.23. The van der Waals surface area contributed by atoms with Crippen molar-refractivity contribution in [3.05, 3.63) is 0 Å². The van der Waals surface area contributed by atoms with Gasteiger partial charge in [-0.15, -0.1) is 0 Å². The zero-order chi connectivity index (χ0) is 5.70. The van der Waals surface area contributed by atoms with Crippen LogP contribution in [0.25, 0.3) is 0 Å². The molecule has 0 spiro atoms. The fourth-order valence-electron chi connectivity index (χ4n) is 0.250. The Morgan fingerprint density at radius 1 is 1.43 bits per heavy atom. The number of rotatable bonds is 3. The molecule has 0 aliphatic rings. The minimum Gasteiger partial charge on any atom is -0.417 e. The van der Waals surface area contributed by atoms with Gasteiger partial charge in [0.05, 0.1) is 0 Å². The van der Waals surface area contributed by atoms with E-state index in [1.54, 1.807) is 7.11 Å². The van der Waals surface area contributed by atoms with Gasteiger partial charge in [-0.05, 0) is 0 Å². The van der Waals surface area contributed by atoms with Crippen LogP contribution in [0.4, 0.5) is 0 Å². The lowest BCUT2D eigenvalue weighted by atomic mass is 11.5. The normalized spacial score (nSPS) is 10.3. The molecule has 0 saturated heterocycles. The van der Waals surface area contributed by atoms with Crippen molar-refractivity contribution in [1.29, 1.82) is 0 Å². The third-order valence-corrected chi connectivity index (χ3v) is 2.23. The Labute approximate surface area is 45.4 Å². The second-order valence-electron chi connectivity index (χ2n) is 1.15. The largest absolute Gasteiger partial charge is 0.417 e. The minimum absolute atomic E-state index is 0.609. The fraction of sp³-hybridized carbons (Fsp3) is 1.00. The summed E-state index contributed by atoms with van der Waals surface area (Å²) in [6, 6.07) is 0. The van der Waals surface area contributed by atoms with Gasteiger partial charge in [0.15, 0.2) is 0 Å². The lowest BCUT2D eigenvalue weighted by molar-refractivity contribution is 0.420. The summed E-state index contributed by atoms with van der Waals surface area (Å²) in [7, 11) is 0.840. The third-order valence-electron chi connectivity index (χ3n) is 0.744. The van der Waals surface area contributed by atoms with E-state index in [0.29, 0.717) is 12.3 Å². The molecule has 0 aromatic heterocycles. The van der Waals surface area contributed by atoms with Crippen molar-refractivity contribution in [1.82, 2.24) is 0 Å². The minimum atomic E-state index is -0.807. The van der Waals surface area contributed by atoms with E-state index >= 15 is 0 Å². The summed E-state index contributed by atoms with van der Waals surface area (Å²) in [5, 5.41) is 0. The van der Waals surface area contributed by atoms with E-state index in [0.717, 1.165) is 0 Å². The first-order valence-corrected chi connectivity index (χ1v) is 3.96. The number of nitrogens with two attached hydrogens (primary N) is 2. The second kappa shape index (κ2) is 4.26. The average Bonchev–Trinajstić information content (AvgIpc) is 1.72. The molecular weight excluding hydrogens is 108 g/mol. The summed E-state index contributed by atoms with van der Waals surface area (Å²) in [5.74, 6) is 0. The van der Waals surface area contributed by atoms with E-state index in [-0.39, 0.29) is 0 Å². The van der Waals surface area contributed by atoms with Gasteiger partial charge in [-0.3, -0.25) is 0 Å². The van der Waals surface area contributed by atoms with Gasteiger partial charge in [0.1, 0.15) is 0 Å². The number of hydrogen-bond donors (Lipinski definition) is 2. The average molecular weight is 119 g/mol. The Morgan fingerprint density at radius 2 is 1.86 bits per heavy atom. The molecule has 4 N–H and O–H groups in total. The standard InChI is InChI=1S/C3H11N2OSi/c1-6-7(2-4)3-5/h2-5H2,1H3. The maximum absolute atomic E-state index is 5.23. The molecular formula is C3H11N2OSi. The highest BCUT2D eigenvalue weighted by molar-refractivity contribution is 6.52. The van der Waals surface area contributed by atoms with Crippen LogP contribution in [0.3, 0.4) is 0 Å². The van der Waals surface area contributed by atoms with Gasteiger partial charge in [-0.2, -0.15) is 0 Å². The summed E-state index contributed by atoms with van der Waals surface area (Å²) < 4.78 is 4.90. The smallest absolute Gasteiger partial charge is 0.239 e. The Kier molecular flexibility index (Phi) is 4.32. The first-order chi connectivity index (χ1) is 3.35. The first-order valence-electron chi connectivity index (χ1n) is 2.14. The van der Waals surface area contributed by atoms with E-state index in [9.17, 15) is 0 Å². The molecule has 43 valence electrons. The van der Waals surface area contributed by atoms with Crippen molar-refractivity contribution in [3.63, 3.8) is 0 Å². The van der Waals surface area contributed by atoms with E-state index in [1.807, 2.05) is 0 Å². The van der Waals surface area contributed by atoms with E-state index in [2.05, 4.69) is 0 Å². The van der Waals surface area contributed by atoms with Crippen molar-refractivity contribution >= 4 is 9.04 Å². The summed E-state index contributed by atoms with van der Waals surface area (Å²) >= 11 is 0. The van der Waals surface area contributed by atoms with E-state index in [1.165, 1.54) is 0 Å². The van der Waals surface area contributed by atoms with Gasteiger partial charge in [-0.25, -0.2) is 0 Å². The molecule has 7 heavy (non-hydrogen) atoms. The summed E-state index contributed by atoms with van der Waals surface area (Å²) in [4.78, 5) is 0. The molecule has 1 radical (unpaired) electrons. The van der Waals surface area contributed by atoms with Gasteiger partial charge < -0.3 is 15.9 Å². The van der Waals surface area contributed by atoms with Crippen molar-refractivity contribution in [2.45, 2.75) is 0 Å². The van der Waals surface area contributed by atoms with E-state index in [4.69, 9.17) is 15.9 Å². The Bertz CT molecular complexity index is 34.4. The lowest BCUT2D eigenvalue weighted by Crippen LogP contribution is -2.35. The molecule has 0 fully saturated rings. The summed E-state index contributed by atoms with van der Waals surface area (Å²) in [5.41, 5.74) is 10.5. The van der Waals surface area contributed by atoms with Gasteiger partial charge in [-0.1, -0.05) is 0 Å². The molecule has 0 aliphatic heterocycles. The number of hydrogen-bond acceptors (Lipinski definition) is 3. The Balaban J connectivity index is 2.99. The highest BCUT2D eigenvalue weighted by Gasteiger charge is 2.02. The SMILES string of the molecule is CO[Si](CN)CN. The summed E-state index contributed by atoms with van der Waals surface area (Å²) in [6.07, 6.45) is 1.22. The monoisotopic (exact) mass is 119 g/mol. The molecule has 0 rings (SSSR count). The predicted molar refractivity (Wildman–Crippen MR) is 30.9 cm³/mol. The van der Waals surface area contributed by atoms with Crippen LogP contribution in [0, 0.1) is 0 Å². The van der Waals surface area contributed by atoms with Crippen LogP contribution in [0.1, 0.15) is 0 Å². The third kappa shape index (κ3) is 2.75. The van der Waals surface area contributed by atoms with Crippen molar-refractivity contribution in [2.75, 3.05) is 19.4 Å². The van der Waals surface area contributed by atoms with Crippen LogP contribution in [-0.2, 0) is 4.43 Å². The van der Waals surface area contributed by atoms with Gasteiger partial charge in [0.25, 0.3) is 0 Å². The highest BCUT2D eigenvalue weighted by atomic mass is 28.3. The highest BCUT2D eigenvalue weighted by Crippen LogP contribution is 1.71. The topological polar surface area (TPSA) is 61.3 Å². The van der Waals surface area contributed by atoms with E-state index < -0.39 is 9.04 Å². The molecule has 0 atom stereocenters. The van der Waals surface area contributed by atoms with Crippen molar-refractivity contribution < 1.29 is 4.43 Å². The lowest BCUT2D eigenvalue weighted by Gasteiger charge is -2.03. The van der Waals surface area contributed by atoms with Crippen LogP contribution in [0.15, 0.2) is 0 Å². The molecule has 0 aromatic rings. The van der Waals surface area contributed by atoms with Gasteiger partial charge >= 0.3 is 0 Å².